The van der Waals surface area contributed by atoms with E-state index in [9.17, 15) is 43.2 Å². The van der Waals surface area contributed by atoms with Gasteiger partial charge in [-0.05, 0) is 49.4 Å². The van der Waals surface area contributed by atoms with Gasteiger partial charge < -0.3 is 33.8 Å². The molecule has 7 atom stereocenters. The van der Waals surface area contributed by atoms with Gasteiger partial charge in [0.25, 0.3) is 0 Å². The Labute approximate surface area is 600 Å². The van der Waals surface area contributed by atoms with Crippen LogP contribution >= 0.6 is 15.6 Å². The van der Waals surface area contributed by atoms with Crippen LogP contribution in [0.25, 0.3) is 0 Å². The first-order valence-electron chi connectivity index (χ1n) is 40.8. The first-order chi connectivity index (χ1) is 47.2. The lowest BCUT2D eigenvalue weighted by molar-refractivity contribution is -0.161. The van der Waals surface area contributed by atoms with Crippen LogP contribution in [-0.2, 0) is 65.4 Å². The van der Waals surface area contributed by atoms with Gasteiger partial charge in [0.1, 0.15) is 19.3 Å². The highest BCUT2D eigenvalue weighted by Gasteiger charge is 2.30. The van der Waals surface area contributed by atoms with Crippen molar-refractivity contribution in [2.75, 3.05) is 39.6 Å². The largest absolute Gasteiger partial charge is 0.472 e. The van der Waals surface area contributed by atoms with E-state index in [1.54, 1.807) is 0 Å². The van der Waals surface area contributed by atoms with Gasteiger partial charge in [-0.15, -0.1) is 0 Å². The molecule has 0 aromatic rings. The van der Waals surface area contributed by atoms with Crippen molar-refractivity contribution in [3.63, 3.8) is 0 Å². The number of ether oxygens (including phenoxy) is 4. The molecule has 0 spiro atoms. The van der Waals surface area contributed by atoms with Gasteiger partial charge in [0, 0.05) is 25.7 Å². The predicted octanol–water partition coefficient (Wildman–Crippen LogP) is 23.2. The Morgan fingerprint density at radius 3 is 0.724 bits per heavy atom. The monoisotopic (exact) mass is 1440 g/mol. The minimum Gasteiger partial charge on any atom is -0.462 e. The van der Waals surface area contributed by atoms with Gasteiger partial charge in [0.05, 0.1) is 26.4 Å². The number of aliphatic hydroxyl groups is 1. The van der Waals surface area contributed by atoms with E-state index in [0.29, 0.717) is 31.6 Å². The Hall–Kier alpha value is -1.94. The van der Waals surface area contributed by atoms with Crippen molar-refractivity contribution < 1.29 is 80.2 Å². The highest BCUT2D eigenvalue weighted by atomic mass is 31.2. The van der Waals surface area contributed by atoms with Crippen LogP contribution in [0, 0.1) is 23.7 Å². The van der Waals surface area contributed by atoms with Gasteiger partial charge in [0.2, 0.25) is 0 Å². The lowest BCUT2D eigenvalue weighted by Crippen LogP contribution is -2.30. The SMILES string of the molecule is CCC(C)CCCCCCCCCCCCCCCCCCCCC(=O)O[C@H](COC(=O)CCCCCCCCCCC(C)CC)COP(=O)(O)OCC(O)COP(=O)(O)OC[C@@H](COC(=O)CCCCCCCCCC(C)C)OC(=O)CCCCCCCCCCCCCC(C)C. The van der Waals surface area contributed by atoms with Gasteiger partial charge in [0.15, 0.2) is 12.2 Å². The van der Waals surface area contributed by atoms with Crippen LogP contribution in [0.5, 0.6) is 0 Å². The number of phosphoric acid groups is 2. The quantitative estimate of drug-likeness (QED) is 0.0222. The fourth-order valence-corrected chi connectivity index (χ4v) is 13.6. The highest BCUT2D eigenvalue weighted by Crippen LogP contribution is 2.45. The van der Waals surface area contributed by atoms with Crippen LogP contribution in [0.4, 0.5) is 0 Å². The van der Waals surface area contributed by atoms with Crippen molar-refractivity contribution in [1.82, 2.24) is 0 Å². The molecule has 0 saturated heterocycles. The van der Waals surface area contributed by atoms with Gasteiger partial charge in [-0.3, -0.25) is 37.3 Å². The van der Waals surface area contributed by atoms with E-state index in [1.807, 2.05) is 0 Å². The zero-order valence-electron chi connectivity index (χ0n) is 64.4. The standard InChI is InChI=1S/C79H154O17P2/c1-9-71(7)57-49-41-33-25-21-17-15-13-11-12-14-16-18-22-26-36-45-53-61-78(83)95-74(65-89-76(81)59-51-43-35-29-28-34-42-50-58-72(8)10-2)67-93-97(85,86)91-63-73(80)64-92-98(87,88)94-68-75(66-90-77(82)60-52-44-38-30-32-40-48-56-70(5)6)96-79(84)62-54-46-37-27-23-19-20-24-31-39-47-55-69(3)4/h69-75,80H,9-68H2,1-8H3,(H,85,86)(H,87,88)/t71?,72?,73?,74-,75-/m1/s1. The maximum atomic E-state index is 13.1. The summed E-state index contributed by atoms with van der Waals surface area (Å²) in [7, 11) is -9.92. The number of carbonyl (C=O) groups is 4. The smallest absolute Gasteiger partial charge is 0.462 e. The zero-order valence-corrected chi connectivity index (χ0v) is 66.2. The molecule has 0 radical (unpaired) electrons. The Balaban J connectivity index is 5.20. The molecule has 98 heavy (non-hydrogen) atoms. The molecule has 0 aromatic carbocycles. The molecule has 582 valence electrons. The summed E-state index contributed by atoms with van der Waals surface area (Å²) in [5.74, 6) is 1.000. The number of hydrogen-bond donors (Lipinski definition) is 3. The van der Waals surface area contributed by atoms with Gasteiger partial charge in [-0.25, -0.2) is 9.13 Å². The van der Waals surface area contributed by atoms with E-state index < -0.39 is 97.5 Å². The number of unbranched alkanes of at least 4 members (excludes halogenated alkanes) is 40. The number of hydrogen-bond acceptors (Lipinski definition) is 15. The van der Waals surface area contributed by atoms with Crippen molar-refractivity contribution in [1.29, 1.82) is 0 Å². The van der Waals surface area contributed by atoms with Crippen molar-refractivity contribution in [2.24, 2.45) is 23.7 Å². The minimum absolute atomic E-state index is 0.105. The second kappa shape index (κ2) is 68.2. The summed E-state index contributed by atoms with van der Waals surface area (Å²) >= 11 is 0. The predicted molar refractivity (Wildman–Crippen MR) is 400 cm³/mol. The van der Waals surface area contributed by atoms with E-state index in [0.717, 1.165) is 114 Å². The lowest BCUT2D eigenvalue weighted by Gasteiger charge is -2.21. The molecule has 0 aliphatic heterocycles. The third-order valence-corrected chi connectivity index (χ3v) is 20.9. The summed E-state index contributed by atoms with van der Waals surface area (Å²) in [6, 6.07) is 0. The number of carbonyl (C=O) groups excluding carboxylic acids is 4. The molecule has 5 unspecified atom stereocenters. The fourth-order valence-electron chi connectivity index (χ4n) is 12.0. The number of esters is 4. The molecule has 0 fully saturated rings. The van der Waals surface area contributed by atoms with Crippen LogP contribution in [0.2, 0.25) is 0 Å². The van der Waals surface area contributed by atoms with E-state index in [1.165, 1.54) is 199 Å². The molecule has 0 aliphatic rings. The maximum Gasteiger partial charge on any atom is 0.472 e. The number of rotatable bonds is 76. The van der Waals surface area contributed by atoms with E-state index in [4.69, 9.17) is 37.0 Å². The molecule has 0 bridgehead atoms. The number of aliphatic hydroxyl groups excluding tert-OH is 1. The van der Waals surface area contributed by atoms with Crippen molar-refractivity contribution in [3.05, 3.63) is 0 Å². The summed E-state index contributed by atoms with van der Waals surface area (Å²) in [4.78, 5) is 72.9. The summed E-state index contributed by atoms with van der Waals surface area (Å²) in [6.45, 7) is 14.2. The molecule has 0 heterocycles. The third kappa shape index (κ3) is 69.8. The van der Waals surface area contributed by atoms with Crippen LogP contribution in [-0.4, -0.2) is 96.7 Å². The van der Waals surface area contributed by atoms with Gasteiger partial charge >= 0.3 is 39.5 Å². The molecule has 0 rings (SSSR count). The molecule has 0 amide bonds. The summed E-state index contributed by atoms with van der Waals surface area (Å²) < 4.78 is 68.6. The Kier molecular flexibility index (Phi) is 66.8. The molecule has 19 heteroatoms. The summed E-state index contributed by atoms with van der Waals surface area (Å²) in [5.41, 5.74) is 0. The van der Waals surface area contributed by atoms with E-state index in [-0.39, 0.29) is 25.7 Å². The average Bonchev–Trinajstić information content (AvgIpc) is 1.91. The van der Waals surface area contributed by atoms with Crippen molar-refractivity contribution >= 4 is 39.5 Å². The van der Waals surface area contributed by atoms with Crippen molar-refractivity contribution in [2.45, 2.75) is 420 Å². The van der Waals surface area contributed by atoms with Crippen LogP contribution in [0.15, 0.2) is 0 Å². The Morgan fingerprint density at radius 2 is 0.490 bits per heavy atom. The Bertz CT molecular complexity index is 1920. The van der Waals surface area contributed by atoms with Crippen molar-refractivity contribution in [3.8, 4) is 0 Å². The normalized spacial score (nSPS) is 14.6. The minimum atomic E-state index is -4.96. The molecule has 3 N–H and O–H groups in total. The first kappa shape index (κ1) is 96.1. The van der Waals surface area contributed by atoms with Gasteiger partial charge in [-0.2, -0.15) is 0 Å². The topological polar surface area (TPSA) is 237 Å². The fraction of sp³-hybridized carbons (Fsp3) is 0.949. The number of phosphoric ester groups is 2. The molecular weight excluding hydrogens is 1280 g/mol. The Morgan fingerprint density at radius 1 is 0.286 bits per heavy atom. The second-order valence-corrected chi connectivity index (χ2v) is 32.8. The highest BCUT2D eigenvalue weighted by molar-refractivity contribution is 7.47. The summed E-state index contributed by atoms with van der Waals surface area (Å²) in [5, 5.41) is 10.6. The van der Waals surface area contributed by atoms with Gasteiger partial charge in [-0.1, -0.05) is 351 Å². The van der Waals surface area contributed by atoms with E-state index in [2.05, 4.69) is 55.4 Å². The first-order valence-corrected chi connectivity index (χ1v) is 43.8. The average molecular weight is 1440 g/mol. The zero-order chi connectivity index (χ0) is 72.4. The molecule has 17 nitrogen and oxygen atoms in total. The lowest BCUT2D eigenvalue weighted by atomic mass is 9.99. The summed E-state index contributed by atoms with van der Waals surface area (Å²) in [6.07, 6.45) is 54.2. The van der Waals surface area contributed by atoms with Crippen LogP contribution < -0.4 is 0 Å². The maximum absolute atomic E-state index is 13.1. The molecule has 0 saturated carbocycles. The van der Waals surface area contributed by atoms with E-state index >= 15 is 0 Å². The van der Waals surface area contributed by atoms with Crippen LogP contribution in [0.1, 0.15) is 402 Å². The molecular formula is C79H154O17P2. The van der Waals surface area contributed by atoms with Crippen LogP contribution in [0.3, 0.4) is 0 Å². The molecule has 0 aromatic heterocycles. The molecule has 0 aliphatic carbocycles. The second-order valence-electron chi connectivity index (χ2n) is 29.9. The third-order valence-electron chi connectivity index (χ3n) is 19.0.